The Kier molecular flexibility index (Phi) is 3.89. The zero-order chi connectivity index (χ0) is 17.4. The molecule has 0 N–H and O–H groups in total. The van der Waals surface area contributed by atoms with Crippen LogP contribution in [-0.2, 0) is 6.54 Å². The molecule has 2 nitrogen and oxygen atoms in total. The normalized spacial score (nSPS) is 11.2. The molecule has 0 fully saturated rings. The minimum absolute atomic E-state index is 0.831. The summed E-state index contributed by atoms with van der Waals surface area (Å²) in [5, 5.41) is 0. The fraction of sp³-hybridized carbons (Fsp3) is 0.174. The number of rotatable bonds is 3. The van der Waals surface area contributed by atoms with E-state index in [1.54, 1.807) is 0 Å². The van der Waals surface area contributed by atoms with Crippen molar-refractivity contribution >= 4 is 11.0 Å². The molecule has 0 aliphatic rings. The van der Waals surface area contributed by atoms with Gasteiger partial charge in [0.2, 0.25) is 0 Å². The molecule has 3 aromatic carbocycles. The van der Waals surface area contributed by atoms with Gasteiger partial charge in [-0.25, -0.2) is 4.98 Å². The average Bonchev–Trinajstić information content (AvgIpc) is 2.97. The summed E-state index contributed by atoms with van der Waals surface area (Å²) in [5.41, 5.74) is 8.60. The number of aromatic nitrogens is 2. The predicted octanol–water partition coefficient (Wildman–Crippen LogP) is 5.68. The van der Waals surface area contributed by atoms with Gasteiger partial charge >= 0.3 is 0 Å². The lowest BCUT2D eigenvalue weighted by atomic mass is 10.1. The topological polar surface area (TPSA) is 17.8 Å². The van der Waals surface area contributed by atoms with Gasteiger partial charge in [0, 0.05) is 12.1 Å². The number of benzene rings is 3. The second-order valence-electron chi connectivity index (χ2n) is 6.81. The maximum absolute atomic E-state index is 4.94. The molecule has 0 bridgehead atoms. The van der Waals surface area contributed by atoms with Crippen LogP contribution >= 0.6 is 0 Å². The number of hydrogen-bond donors (Lipinski definition) is 0. The number of aryl methyl sites for hydroxylation is 3. The number of hydrogen-bond acceptors (Lipinski definition) is 1. The van der Waals surface area contributed by atoms with Crippen molar-refractivity contribution in [2.45, 2.75) is 27.3 Å². The van der Waals surface area contributed by atoms with E-state index < -0.39 is 0 Å². The maximum Gasteiger partial charge on any atom is 0.141 e. The molecule has 0 radical (unpaired) electrons. The molecule has 1 aromatic heterocycles. The molecule has 4 rings (SSSR count). The van der Waals surface area contributed by atoms with Gasteiger partial charge < -0.3 is 4.57 Å². The van der Waals surface area contributed by atoms with Gasteiger partial charge in [0.1, 0.15) is 5.82 Å². The highest BCUT2D eigenvalue weighted by atomic mass is 15.1. The molecule has 0 saturated heterocycles. The Morgan fingerprint density at radius 1 is 0.800 bits per heavy atom. The Labute approximate surface area is 148 Å². The van der Waals surface area contributed by atoms with Crippen molar-refractivity contribution < 1.29 is 0 Å². The van der Waals surface area contributed by atoms with Crippen LogP contribution in [0.15, 0.2) is 66.7 Å². The Morgan fingerprint density at radius 2 is 1.60 bits per heavy atom. The fourth-order valence-electron chi connectivity index (χ4n) is 3.38. The van der Waals surface area contributed by atoms with Crippen molar-refractivity contribution in [3.8, 4) is 11.4 Å². The fourth-order valence-corrected chi connectivity index (χ4v) is 3.38. The van der Waals surface area contributed by atoms with E-state index in [9.17, 15) is 0 Å². The lowest BCUT2D eigenvalue weighted by molar-refractivity contribution is 0.827. The first-order chi connectivity index (χ1) is 12.1. The lowest BCUT2D eigenvalue weighted by Crippen LogP contribution is -2.04. The molecule has 4 aromatic rings. The van der Waals surface area contributed by atoms with E-state index in [1.165, 1.54) is 33.3 Å². The van der Waals surface area contributed by atoms with Gasteiger partial charge in [-0.3, -0.25) is 0 Å². The number of nitrogens with zero attached hydrogens (tertiary/aromatic N) is 2. The molecule has 0 unspecified atom stereocenters. The summed E-state index contributed by atoms with van der Waals surface area (Å²) in [6.07, 6.45) is 0. The van der Waals surface area contributed by atoms with Gasteiger partial charge in [-0.1, -0.05) is 59.7 Å². The number of imidazole rings is 1. The zero-order valence-corrected chi connectivity index (χ0v) is 15.0. The highest BCUT2D eigenvalue weighted by Gasteiger charge is 2.13. The van der Waals surface area contributed by atoms with Crippen molar-refractivity contribution in [3.63, 3.8) is 0 Å². The SMILES string of the molecule is Cc1cccc(-c2nc3ccccc3n2Cc2cc(C)ccc2C)c1. The van der Waals surface area contributed by atoms with Gasteiger partial charge in [-0.05, 0) is 50.1 Å². The Morgan fingerprint density at radius 3 is 2.44 bits per heavy atom. The third kappa shape index (κ3) is 2.96. The summed E-state index contributed by atoms with van der Waals surface area (Å²) >= 11 is 0. The lowest BCUT2D eigenvalue weighted by Gasteiger charge is -2.13. The Balaban J connectivity index is 1.92. The van der Waals surface area contributed by atoms with E-state index in [2.05, 4.69) is 92.1 Å². The second kappa shape index (κ2) is 6.21. The van der Waals surface area contributed by atoms with Crippen LogP contribution in [-0.4, -0.2) is 9.55 Å². The first-order valence-corrected chi connectivity index (χ1v) is 8.70. The van der Waals surface area contributed by atoms with Crippen molar-refractivity contribution in [1.29, 1.82) is 0 Å². The van der Waals surface area contributed by atoms with E-state index in [0.29, 0.717) is 0 Å². The quantitative estimate of drug-likeness (QED) is 0.474. The molecular weight excluding hydrogens is 304 g/mol. The second-order valence-corrected chi connectivity index (χ2v) is 6.81. The molecule has 2 heteroatoms. The molecule has 124 valence electrons. The van der Waals surface area contributed by atoms with Gasteiger partial charge in [0.15, 0.2) is 0 Å². The highest BCUT2D eigenvalue weighted by Crippen LogP contribution is 2.27. The highest BCUT2D eigenvalue weighted by molar-refractivity contribution is 5.80. The third-order valence-corrected chi connectivity index (χ3v) is 4.76. The van der Waals surface area contributed by atoms with Crippen LogP contribution in [0, 0.1) is 20.8 Å². The van der Waals surface area contributed by atoms with Crippen LogP contribution in [0.2, 0.25) is 0 Å². The van der Waals surface area contributed by atoms with E-state index in [4.69, 9.17) is 4.98 Å². The molecule has 25 heavy (non-hydrogen) atoms. The first kappa shape index (κ1) is 15.6. The van der Waals surface area contributed by atoms with E-state index in [0.717, 1.165) is 17.9 Å². The largest absolute Gasteiger partial charge is 0.319 e. The molecular formula is C23H22N2. The zero-order valence-electron chi connectivity index (χ0n) is 15.0. The molecule has 0 aliphatic heterocycles. The predicted molar refractivity (Wildman–Crippen MR) is 105 cm³/mol. The van der Waals surface area contributed by atoms with Crippen LogP contribution in [0.25, 0.3) is 22.4 Å². The molecule has 1 heterocycles. The Bertz CT molecular complexity index is 1060. The monoisotopic (exact) mass is 326 g/mol. The van der Waals surface area contributed by atoms with Gasteiger partial charge in [0.05, 0.1) is 11.0 Å². The average molecular weight is 326 g/mol. The van der Waals surface area contributed by atoms with Crippen LogP contribution in [0.4, 0.5) is 0 Å². The van der Waals surface area contributed by atoms with Crippen molar-refractivity contribution in [3.05, 3.63) is 89.0 Å². The number of para-hydroxylation sites is 2. The van der Waals surface area contributed by atoms with Gasteiger partial charge in [0.25, 0.3) is 0 Å². The summed E-state index contributed by atoms with van der Waals surface area (Å²) < 4.78 is 2.34. The summed E-state index contributed by atoms with van der Waals surface area (Å²) in [6, 6.07) is 23.6. The minimum Gasteiger partial charge on any atom is -0.319 e. The summed E-state index contributed by atoms with van der Waals surface area (Å²) in [5.74, 6) is 1.03. The van der Waals surface area contributed by atoms with Crippen LogP contribution in [0.3, 0.4) is 0 Å². The summed E-state index contributed by atoms with van der Waals surface area (Å²) in [7, 11) is 0. The molecule has 0 atom stereocenters. The smallest absolute Gasteiger partial charge is 0.141 e. The number of fused-ring (bicyclic) bond motifs is 1. The van der Waals surface area contributed by atoms with Crippen LogP contribution in [0.5, 0.6) is 0 Å². The van der Waals surface area contributed by atoms with E-state index in [1.807, 2.05) is 0 Å². The Hall–Kier alpha value is -2.87. The van der Waals surface area contributed by atoms with Crippen molar-refractivity contribution in [1.82, 2.24) is 9.55 Å². The minimum atomic E-state index is 0.831. The van der Waals surface area contributed by atoms with Crippen molar-refractivity contribution in [2.24, 2.45) is 0 Å². The standard InChI is InChI=1S/C23H22N2/c1-16-7-6-8-19(13-16)23-24-21-9-4-5-10-22(21)25(23)15-20-14-17(2)11-12-18(20)3/h4-14H,15H2,1-3H3. The molecule has 0 saturated carbocycles. The molecule has 0 amide bonds. The summed E-state index contributed by atoms with van der Waals surface area (Å²) in [4.78, 5) is 4.94. The first-order valence-electron chi connectivity index (χ1n) is 8.70. The van der Waals surface area contributed by atoms with E-state index in [-0.39, 0.29) is 0 Å². The van der Waals surface area contributed by atoms with Crippen molar-refractivity contribution in [2.75, 3.05) is 0 Å². The van der Waals surface area contributed by atoms with Gasteiger partial charge in [-0.15, -0.1) is 0 Å². The van der Waals surface area contributed by atoms with Crippen LogP contribution in [0.1, 0.15) is 22.3 Å². The molecule has 0 aliphatic carbocycles. The van der Waals surface area contributed by atoms with Gasteiger partial charge in [-0.2, -0.15) is 0 Å². The third-order valence-electron chi connectivity index (χ3n) is 4.76. The summed E-state index contributed by atoms with van der Waals surface area (Å²) in [6.45, 7) is 7.29. The molecule has 0 spiro atoms. The maximum atomic E-state index is 4.94. The van der Waals surface area contributed by atoms with E-state index >= 15 is 0 Å². The van der Waals surface area contributed by atoms with Crippen LogP contribution < -0.4 is 0 Å².